The van der Waals surface area contributed by atoms with Crippen LogP contribution in [0.1, 0.15) is 11.1 Å². The Hall–Kier alpha value is -1.20. The second-order valence-electron chi connectivity index (χ2n) is 3.27. The van der Waals surface area contributed by atoms with Crippen molar-refractivity contribution < 1.29 is 5.11 Å². The third-order valence-electron chi connectivity index (χ3n) is 2.34. The van der Waals surface area contributed by atoms with E-state index < -0.39 is 0 Å². The lowest BCUT2D eigenvalue weighted by Gasteiger charge is -2.06. The van der Waals surface area contributed by atoms with Crippen molar-refractivity contribution >= 4 is 27.0 Å². The van der Waals surface area contributed by atoms with Crippen molar-refractivity contribution in [3.63, 3.8) is 0 Å². The van der Waals surface area contributed by atoms with E-state index >= 15 is 0 Å². The van der Waals surface area contributed by atoms with Crippen molar-refractivity contribution in [3.8, 4) is 0 Å². The lowest BCUT2D eigenvalue weighted by Crippen LogP contribution is -2.13. The summed E-state index contributed by atoms with van der Waals surface area (Å²) in [5.74, 6) is 0. The van der Waals surface area contributed by atoms with Crippen molar-refractivity contribution in [2.75, 3.05) is 0 Å². The molecule has 0 radical (unpaired) electrons. The van der Waals surface area contributed by atoms with Crippen LogP contribution in [0.4, 0.5) is 0 Å². The highest BCUT2D eigenvalue weighted by Gasteiger charge is 2.09. The topological polar surface area (TPSA) is 66.0 Å². The first-order valence-corrected chi connectivity index (χ1v) is 5.20. The molecule has 78 valence electrons. The summed E-state index contributed by atoms with van der Waals surface area (Å²) in [4.78, 5) is 18.4. The van der Waals surface area contributed by atoms with Gasteiger partial charge in [0.05, 0.1) is 17.6 Å². The largest absolute Gasteiger partial charge is 0.392 e. The van der Waals surface area contributed by atoms with Gasteiger partial charge in [-0.15, -0.1) is 0 Å². The molecule has 0 aliphatic rings. The minimum absolute atomic E-state index is 0.180. The van der Waals surface area contributed by atoms with Gasteiger partial charge in [0.25, 0.3) is 5.56 Å². The Morgan fingerprint density at radius 2 is 2.33 bits per heavy atom. The highest BCUT2D eigenvalue weighted by atomic mass is 79.9. The van der Waals surface area contributed by atoms with E-state index in [1.54, 1.807) is 19.2 Å². The fourth-order valence-electron chi connectivity index (χ4n) is 1.50. The molecule has 0 aromatic carbocycles. The molecular formula is C10H9BrN2O2. The predicted molar refractivity (Wildman–Crippen MR) is 60.7 cm³/mol. The zero-order chi connectivity index (χ0) is 11.0. The van der Waals surface area contributed by atoms with E-state index in [1.165, 1.54) is 0 Å². The summed E-state index contributed by atoms with van der Waals surface area (Å²) in [6.07, 6.45) is 1.64. The Morgan fingerprint density at radius 1 is 1.60 bits per heavy atom. The van der Waals surface area contributed by atoms with E-state index in [-0.39, 0.29) is 12.2 Å². The molecule has 0 aliphatic carbocycles. The molecule has 4 nitrogen and oxygen atoms in total. The van der Waals surface area contributed by atoms with E-state index in [0.29, 0.717) is 22.2 Å². The quantitative estimate of drug-likeness (QED) is 0.824. The summed E-state index contributed by atoms with van der Waals surface area (Å²) in [5.41, 5.74) is 2.18. The van der Waals surface area contributed by atoms with Crippen molar-refractivity contribution in [1.29, 1.82) is 0 Å². The first-order chi connectivity index (χ1) is 7.13. The van der Waals surface area contributed by atoms with Crippen LogP contribution in [-0.2, 0) is 6.61 Å². The Morgan fingerprint density at radius 3 is 3.00 bits per heavy atom. The molecule has 5 heteroatoms. The third kappa shape index (κ3) is 1.68. The summed E-state index contributed by atoms with van der Waals surface area (Å²) < 4.78 is 0.790. The molecule has 15 heavy (non-hydrogen) atoms. The highest BCUT2D eigenvalue weighted by molar-refractivity contribution is 9.10. The van der Waals surface area contributed by atoms with Gasteiger partial charge in [-0.05, 0) is 28.9 Å². The van der Waals surface area contributed by atoms with Gasteiger partial charge in [-0.3, -0.25) is 9.78 Å². The summed E-state index contributed by atoms with van der Waals surface area (Å²) in [6, 6.07) is 1.77. The maximum absolute atomic E-state index is 11.5. The molecule has 2 heterocycles. The van der Waals surface area contributed by atoms with Crippen molar-refractivity contribution in [1.82, 2.24) is 9.97 Å². The number of nitrogens with one attached hydrogen (secondary N) is 1. The number of rotatable bonds is 1. The number of aliphatic hydroxyl groups is 1. The molecule has 2 rings (SSSR count). The summed E-state index contributed by atoms with van der Waals surface area (Å²) in [5, 5.41) is 9.21. The van der Waals surface area contributed by atoms with E-state index in [1.807, 2.05) is 0 Å². The van der Waals surface area contributed by atoms with Gasteiger partial charge in [0, 0.05) is 21.8 Å². The number of H-pyrrole nitrogens is 1. The first kappa shape index (κ1) is 10.3. The second-order valence-corrected chi connectivity index (χ2v) is 4.18. The fourth-order valence-corrected chi connectivity index (χ4v) is 1.83. The van der Waals surface area contributed by atoms with E-state index in [2.05, 4.69) is 25.9 Å². The van der Waals surface area contributed by atoms with Gasteiger partial charge in [-0.1, -0.05) is 0 Å². The minimum Gasteiger partial charge on any atom is -0.392 e. The fraction of sp³-hybridized carbons (Fsp3) is 0.200. The summed E-state index contributed by atoms with van der Waals surface area (Å²) in [6.45, 7) is 1.49. The standard InChI is InChI=1S/C10H9BrN2O2/c1-5-7(4-14)9-8(13-10(5)15)2-6(11)3-12-9/h2-3,14H,4H2,1H3,(H,13,15). The number of aromatic amines is 1. The normalized spacial score (nSPS) is 10.9. The number of hydrogen-bond donors (Lipinski definition) is 2. The van der Waals surface area contributed by atoms with Gasteiger partial charge in [-0.2, -0.15) is 0 Å². The second kappa shape index (κ2) is 3.75. The van der Waals surface area contributed by atoms with Crippen LogP contribution in [0.15, 0.2) is 21.5 Å². The number of pyridine rings is 2. The molecule has 0 atom stereocenters. The first-order valence-electron chi connectivity index (χ1n) is 4.41. The van der Waals surface area contributed by atoms with Crippen LogP contribution >= 0.6 is 15.9 Å². The van der Waals surface area contributed by atoms with Gasteiger partial charge in [0.1, 0.15) is 0 Å². The number of nitrogens with zero attached hydrogens (tertiary/aromatic N) is 1. The minimum atomic E-state index is -0.188. The lowest BCUT2D eigenvalue weighted by atomic mass is 10.1. The van der Waals surface area contributed by atoms with Crippen LogP contribution in [0.25, 0.3) is 11.0 Å². The van der Waals surface area contributed by atoms with Crippen LogP contribution in [0.5, 0.6) is 0 Å². The zero-order valence-corrected chi connectivity index (χ0v) is 9.63. The molecule has 2 aromatic rings. The molecule has 0 spiro atoms. The Kier molecular flexibility index (Phi) is 2.58. The molecule has 0 saturated heterocycles. The van der Waals surface area contributed by atoms with E-state index in [9.17, 15) is 9.90 Å². The molecule has 0 unspecified atom stereocenters. The van der Waals surface area contributed by atoms with Gasteiger partial charge in [0.15, 0.2) is 0 Å². The summed E-state index contributed by atoms with van der Waals surface area (Å²) >= 11 is 3.27. The molecule has 0 aliphatic heterocycles. The number of aromatic nitrogens is 2. The molecule has 0 amide bonds. The molecule has 2 aromatic heterocycles. The molecule has 0 fully saturated rings. The maximum atomic E-state index is 11.5. The van der Waals surface area contributed by atoms with Crippen LogP contribution in [0.3, 0.4) is 0 Å². The van der Waals surface area contributed by atoms with Crippen LogP contribution in [0.2, 0.25) is 0 Å². The number of hydrogen-bond acceptors (Lipinski definition) is 3. The van der Waals surface area contributed by atoms with Gasteiger partial charge in [0.2, 0.25) is 0 Å². The summed E-state index contributed by atoms with van der Waals surface area (Å²) in [7, 11) is 0. The highest BCUT2D eigenvalue weighted by Crippen LogP contribution is 2.18. The maximum Gasteiger partial charge on any atom is 0.251 e. The smallest absolute Gasteiger partial charge is 0.251 e. The SMILES string of the molecule is Cc1c(CO)c2ncc(Br)cc2[nH]c1=O. The number of aliphatic hydroxyl groups excluding tert-OH is 1. The van der Waals surface area contributed by atoms with Crippen LogP contribution in [0, 0.1) is 6.92 Å². The van der Waals surface area contributed by atoms with Gasteiger partial charge >= 0.3 is 0 Å². The molecule has 0 saturated carbocycles. The third-order valence-corrected chi connectivity index (χ3v) is 2.77. The van der Waals surface area contributed by atoms with E-state index in [0.717, 1.165) is 4.47 Å². The van der Waals surface area contributed by atoms with E-state index in [4.69, 9.17) is 0 Å². The molecule has 0 bridgehead atoms. The van der Waals surface area contributed by atoms with Gasteiger partial charge in [-0.25, -0.2) is 0 Å². The van der Waals surface area contributed by atoms with Crippen molar-refractivity contribution in [3.05, 3.63) is 38.2 Å². The van der Waals surface area contributed by atoms with Crippen molar-refractivity contribution in [2.24, 2.45) is 0 Å². The number of halogens is 1. The Labute approximate surface area is 94.1 Å². The monoisotopic (exact) mass is 268 g/mol. The van der Waals surface area contributed by atoms with Crippen LogP contribution < -0.4 is 5.56 Å². The average Bonchev–Trinajstić information content (AvgIpc) is 2.20. The Balaban J connectivity index is 2.94. The van der Waals surface area contributed by atoms with Crippen molar-refractivity contribution in [2.45, 2.75) is 13.5 Å². The van der Waals surface area contributed by atoms with Crippen LogP contribution in [-0.4, -0.2) is 15.1 Å². The van der Waals surface area contributed by atoms with Gasteiger partial charge < -0.3 is 10.1 Å². The lowest BCUT2D eigenvalue weighted by molar-refractivity contribution is 0.282. The zero-order valence-electron chi connectivity index (χ0n) is 8.04. The molecule has 2 N–H and O–H groups in total. The predicted octanol–water partition coefficient (Wildman–Crippen LogP) is 1.49. The Bertz CT molecular complexity index is 577. The average molecular weight is 269 g/mol. The molecular weight excluding hydrogens is 260 g/mol. The number of fused-ring (bicyclic) bond motifs is 1.